The van der Waals surface area contributed by atoms with Gasteiger partial charge in [0, 0.05) is 19.3 Å². The molecule has 1 N–H and O–H groups in total. The molecule has 4 rings (SSSR count). The Morgan fingerprint density at radius 3 is 2.34 bits per heavy atom. The molecule has 1 saturated heterocycles. The number of benzene rings is 2. The van der Waals surface area contributed by atoms with Crippen LogP contribution in [-0.2, 0) is 16.6 Å². The number of anilines is 1. The first-order chi connectivity index (χ1) is 14.1. The fourth-order valence-electron chi connectivity index (χ4n) is 3.15. The number of nitrogens with zero attached hydrogens (tertiary/aromatic N) is 3. The van der Waals surface area contributed by atoms with Gasteiger partial charge < -0.3 is 9.64 Å². The van der Waals surface area contributed by atoms with E-state index in [9.17, 15) is 8.42 Å². The maximum atomic E-state index is 12.6. The number of aromatic nitrogens is 2. The van der Waals surface area contributed by atoms with Gasteiger partial charge in [-0.2, -0.15) is 0 Å². The van der Waals surface area contributed by atoms with Crippen LogP contribution in [0.5, 0.6) is 11.5 Å². The molecule has 1 fully saturated rings. The summed E-state index contributed by atoms with van der Waals surface area (Å²) in [6, 6.07) is 17.5. The van der Waals surface area contributed by atoms with Crippen LogP contribution in [0.3, 0.4) is 0 Å². The molecule has 0 amide bonds. The number of para-hydroxylation sites is 1. The summed E-state index contributed by atoms with van der Waals surface area (Å²) in [4.78, 5) is 11.0. The molecule has 1 aliphatic heterocycles. The summed E-state index contributed by atoms with van der Waals surface area (Å²) in [5.41, 5.74) is 0. The zero-order valence-electron chi connectivity index (χ0n) is 15.9. The number of nitrogens with one attached hydrogen (secondary N) is 1. The van der Waals surface area contributed by atoms with E-state index in [1.165, 1.54) is 12.1 Å². The smallest absolute Gasteiger partial charge is 0.240 e. The molecule has 0 spiro atoms. The summed E-state index contributed by atoms with van der Waals surface area (Å²) in [5, 5.41) is 0. The second kappa shape index (κ2) is 8.59. The van der Waals surface area contributed by atoms with Crippen LogP contribution in [0.4, 0.5) is 5.82 Å². The summed E-state index contributed by atoms with van der Waals surface area (Å²) in [5.74, 6) is 2.55. The van der Waals surface area contributed by atoms with Crippen molar-refractivity contribution in [2.75, 3.05) is 18.0 Å². The van der Waals surface area contributed by atoms with E-state index in [-0.39, 0.29) is 11.4 Å². The van der Waals surface area contributed by atoms with E-state index < -0.39 is 10.0 Å². The van der Waals surface area contributed by atoms with Gasteiger partial charge in [0.15, 0.2) is 0 Å². The average molecular weight is 410 g/mol. The highest BCUT2D eigenvalue weighted by atomic mass is 32.2. The Balaban J connectivity index is 1.40. The SMILES string of the molecule is O=S(=O)(NCc1nccc(N2CCCC2)n1)c1ccc(Oc2ccccc2)cc1. The number of sulfonamides is 1. The van der Waals surface area contributed by atoms with Crippen LogP contribution in [0.1, 0.15) is 18.7 Å². The minimum absolute atomic E-state index is 0.0340. The Bertz CT molecular complexity index is 1050. The molecule has 0 saturated carbocycles. The van der Waals surface area contributed by atoms with E-state index in [2.05, 4.69) is 19.6 Å². The van der Waals surface area contributed by atoms with E-state index in [4.69, 9.17) is 4.74 Å². The van der Waals surface area contributed by atoms with Crippen LogP contribution in [0.2, 0.25) is 0 Å². The highest BCUT2D eigenvalue weighted by molar-refractivity contribution is 7.89. The zero-order chi connectivity index (χ0) is 20.1. The van der Waals surface area contributed by atoms with Gasteiger partial charge in [0.2, 0.25) is 10.0 Å². The molecule has 1 aromatic heterocycles. The predicted molar refractivity (Wildman–Crippen MR) is 110 cm³/mol. The summed E-state index contributed by atoms with van der Waals surface area (Å²) in [6.07, 6.45) is 3.96. The van der Waals surface area contributed by atoms with Crippen molar-refractivity contribution < 1.29 is 13.2 Å². The zero-order valence-corrected chi connectivity index (χ0v) is 16.7. The van der Waals surface area contributed by atoms with Crippen molar-refractivity contribution in [2.45, 2.75) is 24.3 Å². The normalized spacial score (nSPS) is 14.1. The molecule has 150 valence electrons. The Labute approximate surface area is 170 Å². The molecule has 1 aliphatic rings. The first kappa shape index (κ1) is 19.4. The molecule has 8 heteroatoms. The largest absolute Gasteiger partial charge is 0.457 e. The lowest BCUT2D eigenvalue weighted by atomic mass is 10.3. The standard InChI is InChI=1S/C21H22N4O3S/c26-29(27,19-10-8-18(9-11-19)28-17-6-2-1-3-7-17)23-16-20-22-13-12-21(24-20)25-14-4-5-15-25/h1-3,6-13,23H,4-5,14-16H2. The molecule has 0 aliphatic carbocycles. The molecular weight excluding hydrogens is 388 g/mol. The summed E-state index contributed by atoms with van der Waals surface area (Å²) < 4.78 is 33.5. The molecular formula is C21H22N4O3S. The molecule has 2 heterocycles. The van der Waals surface area contributed by atoms with Crippen LogP contribution >= 0.6 is 0 Å². The number of ether oxygens (including phenoxy) is 1. The third-order valence-electron chi connectivity index (χ3n) is 4.65. The topological polar surface area (TPSA) is 84.4 Å². The minimum atomic E-state index is -3.68. The third-order valence-corrected chi connectivity index (χ3v) is 6.07. The molecule has 3 aromatic rings. The van der Waals surface area contributed by atoms with Crippen LogP contribution in [0, 0.1) is 0 Å². The molecule has 7 nitrogen and oxygen atoms in total. The molecule has 0 unspecified atom stereocenters. The van der Waals surface area contributed by atoms with Gasteiger partial charge >= 0.3 is 0 Å². The van der Waals surface area contributed by atoms with Crippen molar-refractivity contribution in [3.8, 4) is 11.5 Å². The Kier molecular flexibility index (Phi) is 5.73. The highest BCUT2D eigenvalue weighted by Gasteiger charge is 2.17. The van der Waals surface area contributed by atoms with Gasteiger partial charge in [0.25, 0.3) is 0 Å². The first-order valence-electron chi connectivity index (χ1n) is 9.50. The lowest BCUT2D eigenvalue weighted by Crippen LogP contribution is -2.25. The van der Waals surface area contributed by atoms with Crippen molar-refractivity contribution in [3.63, 3.8) is 0 Å². The summed E-state index contributed by atoms with van der Waals surface area (Å²) in [6.45, 7) is 1.98. The van der Waals surface area contributed by atoms with Crippen molar-refractivity contribution in [3.05, 3.63) is 72.7 Å². The monoisotopic (exact) mass is 410 g/mol. The number of rotatable bonds is 7. The van der Waals surface area contributed by atoms with Crippen molar-refractivity contribution in [1.82, 2.24) is 14.7 Å². The molecule has 0 radical (unpaired) electrons. The van der Waals surface area contributed by atoms with Crippen LogP contribution in [0.15, 0.2) is 71.8 Å². The number of hydrogen-bond donors (Lipinski definition) is 1. The summed E-state index contributed by atoms with van der Waals surface area (Å²) in [7, 11) is -3.68. The van der Waals surface area contributed by atoms with Crippen LogP contribution in [-0.4, -0.2) is 31.5 Å². The second-order valence-electron chi connectivity index (χ2n) is 6.74. The molecule has 0 bridgehead atoms. The first-order valence-corrected chi connectivity index (χ1v) is 11.0. The van der Waals surface area contributed by atoms with Gasteiger partial charge in [-0.05, 0) is 55.3 Å². The highest BCUT2D eigenvalue weighted by Crippen LogP contribution is 2.22. The van der Waals surface area contributed by atoms with E-state index in [0.717, 1.165) is 31.7 Å². The Morgan fingerprint density at radius 2 is 1.62 bits per heavy atom. The molecule has 0 atom stereocenters. The third kappa shape index (κ3) is 4.90. The van der Waals surface area contributed by atoms with Crippen molar-refractivity contribution in [1.29, 1.82) is 0 Å². The van der Waals surface area contributed by atoms with E-state index in [1.807, 2.05) is 36.4 Å². The fraction of sp³-hybridized carbons (Fsp3) is 0.238. The van der Waals surface area contributed by atoms with Crippen LogP contribution < -0.4 is 14.4 Å². The van der Waals surface area contributed by atoms with Gasteiger partial charge in [-0.25, -0.2) is 23.1 Å². The van der Waals surface area contributed by atoms with Gasteiger partial charge in [-0.3, -0.25) is 0 Å². The fourth-order valence-corrected chi connectivity index (χ4v) is 4.13. The second-order valence-corrected chi connectivity index (χ2v) is 8.50. The maximum absolute atomic E-state index is 12.6. The maximum Gasteiger partial charge on any atom is 0.240 e. The van der Waals surface area contributed by atoms with Crippen LogP contribution in [0.25, 0.3) is 0 Å². The van der Waals surface area contributed by atoms with E-state index >= 15 is 0 Å². The Morgan fingerprint density at radius 1 is 0.931 bits per heavy atom. The van der Waals surface area contributed by atoms with Gasteiger partial charge in [0.05, 0.1) is 11.4 Å². The predicted octanol–water partition coefficient (Wildman–Crippen LogP) is 3.35. The minimum Gasteiger partial charge on any atom is -0.457 e. The average Bonchev–Trinajstić information content (AvgIpc) is 3.29. The van der Waals surface area contributed by atoms with E-state index in [1.54, 1.807) is 18.3 Å². The lowest BCUT2D eigenvalue weighted by molar-refractivity contribution is 0.482. The Hall–Kier alpha value is -2.97. The van der Waals surface area contributed by atoms with Crippen molar-refractivity contribution >= 4 is 15.8 Å². The lowest BCUT2D eigenvalue weighted by Gasteiger charge is -2.16. The van der Waals surface area contributed by atoms with Gasteiger partial charge in [0.1, 0.15) is 23.1 Å². The molecule has 29 heavy (non-hydrogen) atoms. The summed E-state index contributed by atoms with van der Waals surface area (Å²) >= 11 is 0. The van der Waals surface area contributed by atoms with Gasteiger partial charge in [-0.1, -0.05) is 18.2 Å². The van der Waals surface area contributed by atoms with Gasteiger partial charge in [-0.15, -0.1) is 0 Å². The quantitative estimate of drug-likeness (QED) is 0.643. The van der Waals surface area contributed by atoms with E-state index in [0.29, 0.717) is 17.3 Å². The number of hydrogen-bond acceptors (Lipinski definition) is 6. The molecule has 2 aromatic carbocycles. The van der Waals surface area contributed by atoms with Crippen molar-refractivity contribution in [2.24, 2.45) is 0 Å².